The summed E-state index contributed by atoms with van der Waals surface area (Å²) in [6.45, 7) is 5.97. The van der Waals surface area contributed by atoms with E-state index < -0.39 is 6.04 Å². The molecule has 0 fully saturated rings. The summed E-state index contributed by atoms with van der Waals surface area (Å²) in [5.74, 6) is 0.0676. The minimum Gasteiger partial charge on any atom is -0.352 e. The minimum atomic E-state index is -0.559. The van der Waals surface area contributed by atoms with Crippen LogP contribution in [-0.2, 0) is 16.1 Å². The molecule has 0 aliphatic heterocycles. The zero-order valence-corrected chi connectivity index (χ0v) is 18.0. The number of carbonyl (C=O) groups excluding carboxylic acids is 2. The highest BCUT2D eigenvalue weighted by molar-refractivity contribution is 7.99. The number of halogens is 1. The van der Waals surface area contributed by atoms with E-state index in [0.29, 0.717) is 18.6 Å². The Bertz CT molecular complexity index is 781. The Hall–Kier alpha value is -2.34. The Morgan fingerprint density at radius 1 is 1.07 bits per heavy atom. The van der Waals surface area contributed by atoms with Gasteiger partial charge < -0.3 is 10.2 Å². The van der Waals surface area contributed by atoms with Gasteiger partial charge in [-0.1, -0.05) is 37.3 Å². The van der Waals surface area contributed by atoms with Crippen LogP contribution < -0.4 is 5.32 Å². The summed E-state index contributed by atoms with van der Waals surface area (Å²) in [6, 6.07) is 15.4. The van der Waals surface area contributed by atoms with Gasteiger partial charge in [-0.3, -0.25) is 9.59 Å². The molecule has 6 heteroatoms. The van der Waals surface area contributed by atoms with E-state index in [0.717, 1.165) is 10.5 Å². The minimum absolute atomic E-state index is 0.00652. The smallest absolute Gasteiger partial charge is 0.243 e. The number of benzene rings is 2. The summed E-state index contributed by atoms with van der Waals surface area (Å²) in [7, 11) is 0. The maximum atomic E-state index is 13.3. The monoisotopic (exact) mass is 416 g/mol. The first-order valence-electron chi connectivity index (χ1n) is 9.92. The molecule has 1 unspecified atom stereocenters. The highest BCUT2D eigenvalue weighted by atomic mass is 32.2. The lowest BCUT2D eigenvalue weighted by Crippen LogP contribution is -2.50. The van der Waals surface area contributed by atoms with Crippen molar-refractivity contribution in [3.8, 4) is 0 Å². The molecule has 0 spiro atoms. The topological polar surface area (TPSA) is 49.4 Å². The molecule has 29 heavy (non-hydrogen) atoms. The summed E-state index contributed by atoms with van der Waals surface area (Å²) in [5, 5.41) is 2.91. The van der Waals surface area contributed by atoms with E-state index in [1.54, 1.807) is 28.8 Å². The fourth-order valence-corrected chi connectivity index (χ4v) is 3.87. The number of nitrogens with zero attached hydrogens (tertiary/aromatic N) is 1. The van der Waals surface area contributed by atoms with Crippen LogP contribution in [0.5, 0.6) is 0 Å². The lowest BCUT2D eigenvalue weighted by Gasteiger charge is -2.31. The fourth-order valence-electron chi connectivity index (χ4n) is 3.00. The second kappa shape index (κ2) is 11.6. The Kier molecular flexibility index (Phi) is 9.19. The van der Waals surface area contributed by atoms with Crippen LogP contribution in [0.2, 0.25) is 0 Å². The van der Waals surface area contributed by atoms with Gasteiger partial charge >= 0.3 is 0 Å². The van der Waals surface area contributed by atoms with Gasteiger partial charge in [-0.2, -0.15) is 0 Å². The van der Waals surface area contributed by atoms with Crippen molar-refractivity contribution in [1.29, 1.82) is 0 Å². The van der Waals surface area contributed by atoms with Gasteiger partial charge in [0.05, 0.1) is 0 Å². The number of thioether (sulfide) groups is 1. The van der Waals surface area contributed by atoms with Crippen LogP contribution in [0.25, 0.3) is 0 Å². The molecular formula is C23H29FN2O2S. The number of nitrogens with one attached hydrogen (secondary N) is 1. The molecule has 0 heterocycles. The number of carbonyl (C=O) groups is 2. The molecule has 1 N–H and O–H groups in total. The maximum Gasteiger partial charge on any atom is 0.243 e. The normalized spacial score (nSPS) is 11.9. The number of hydrogen-bond acceptors (Lipinski definition) is 3. The van der Waals surface area contributed by atoms with Crippen molar-refractivity contribution in [2.45, 2.75) is 57.1 Å². The molecule has 0 aromatic heterocycles. The molecule has 0 bridgehead atoms. The average Bonchev–Trinajstić information content (AvgIpc) is 2.69. The predicted molar refractivity (Wildman–Crippen MR) is 116 cm³/mol. The third kappa shape index (κ3) is 7.54. The van der Waals surface area contributed by atoms with Crippen molar-refractivity contribution in [2.75, 3.05) is 5.75 Å². The largest absolute Gasteiger partial charge is 0.352 e. The quantitative estimate of drug-likeness (QED) is 0.574. The predicted octanol–water partition coefficient (Wildman–Crippen LogP) is 4.64. The molecule has 156 valence electrons. The van der Waals surface area contributed by atoms with E-state index in [9.17, 15) is 14.0 Å². The molecular weight excluding hydrogens is 387 g/mol. The standard InChI is InChI=1S/C23H29FN2O2S/c1-4-21(23(28)25-17(2)3)26(16-18-10-12-19(24)13-11-18)22(27)14-15-29-20-8-6-5-7-9-20/h5-13,17,21H,4,14-16H2,1-3H3,(H,25,28). The first-order valence-corrected chi connectivity index (χ1v) is 10.9. The van der Waals surface area contributed by atoms with Crippen molar-refractivity contribution in [3.63, 3.8) is 0 Å². The second-order valence-corrected chi connectivity index (χ2v) is 8.32. The third-order valence-electron chi connectivity index (χ3n) is 4.41. The van der Waals surface area contributed by atoms with Crippen LogP contribution in [0.1, 0.15) is 39.2 Å². The summed E-state index contributed by atoms with van der Waals surface area (Å²) in [6.07, 6.45) is 0.837. The van der Waals surface area contributed by atoms with Crippen molar-refractivity contribution in [2.24, 2.45) is 0 Å². The molecule has 0 aliphatic carbocycles. The molecule has 2 amide bonds. The van der Waals surface area contributed by atoms with E-state index in [1.807, 2.05) is 51.1 Å². The zero-order valence-electron chi connectivity index (χ0n) is 17.2. The summed E-state index contributed by atoms with van der Waals surface area (Å²) < 4.78 is 13.3. The number of amides is 2. The van der Waals surface area contributed by atoms with Crippen LogP contribution in [0.4, 0.5) is 4.39 Å². The highest BCUT2D eigenvalue weighted by Gasteiger charge is 2.28. The molecule has 0 radical (unpaired) electrons. The van der Waals surface area contributed by atoms with E-state index in [1.165, 1.54) is 12.1 Å². The Labute approximate surface area is 176 Å². The Morgan fingerprint density at radius 2 is 1.72 bits per heavy atom. The van der Waals surface area contributed by atoms with E-state index in [2.05, 4.69) is 5.32 Å². The van der Waals surface area contributed by atoms with Crippen molar-refractivity contribution in [3.05, 3.63) is 66.0 Å². The molecule has 4 nitrogen and oxygen atoms in total. The van der Waals surface area contributed by atoms with Gasteiger partial charge in [0.25, 0.3) is 0 Å². The Balaban J connectivity index is 2.11. The van der Waals surface area contributed by atoms with Crippen molar-refractivity contribution >= 4 is 23.6 Å². The molecule has 2 rings (SSSR count). The van der Waals surface area contributed by atoms with Crippen LogP contribution in [0, 0.1) is 5.82 Å². The molecule has 0 saturated carbocycles. The van der Waals surface area contributed by atoms with Crippen LogP contribution in [0.3, 0.4) is 0 Å². The number of rotatable bonds is 10. The molecule has 0 saturated heterocycles. The van der Waals surface area contributed by atoms with E-state index in [4.69, 9.17) is 0 Å². The lowest BCUT2D eigenvalue weighted by atomic mass is 10.1. The van der Waals surface area contributed by atoms with Gasteiger partial charge in [0.15, 0.2) is 0 Å². The average molecular weight is 417 g/mol. The molecule has 0 aliphatic rings. The van der Waals surface area contributed by atoms with Crippen molar-refractivity contribution in [1.82, 2.24) is 10.2 Å². The molecule has 1 atom stereocenters. The van der Waals surface area contributed by atoms with Crippen molar-refractivity contribution < 1.29 is 14.0 Å². The summed E-state index contributed by atoms with van der Waals surface area (Å²) >= 11 is 1.62. The van der Waals surface area contributed by atoms with E-state index in [-0.39, 0.29) is 30.2 Å². The van der Waals surface area contributed by atoms with Gasteiger partial charge in [0.1, 0.15) is 11.9 Å². The first kappa shape index (κ1) is 22.9. The lowest BCUT2D eigenvalue weighted by molar-refractivity contribution is -0.141. The van der Waals surface area contributed by atoms with Gasteiger partial charge in [-0.25, -0.2) is 4.39 Å². The molecule has 2 aromatic rings. The fraction of sp³-hybridized carbons (Fsp3) is 0.391. The van der Waals surface area contributed by atoms with Gasteiger partial charge in [0.2, 0.25) is 11.8 Å². The number of hydrogen-bond donors (Lipinski definition) is 1. The maximum absolute atomic E-state index is 13.3. The third-order valence-corrected chi connectivity index (χ3v) is 5.42. The zero-order chi connectivity index (χ0) is 21.2. The van der Waals surface area contributed by atoms with Gasteiger partial charge in [-0.15, -0.1) is 11.8 Å². The SMILES string of the molecule is CCC(C(=O)NC(C)C)N(Cc1ccc(F)cc1)C(=O)CCSc1ccccc1. The summed E-state index contributed by atoms with van der Waals surface area (Å²) in [4.78, 5) is 28.5. The highest BCUT2D eigenvalue weighted by Crippen LogP contribution is 2.20. The van der Waals surface area contributed by atoms with Crippen LogP contribution in [0.15, 0.2) is 59.5 Å². The van der Waals surface area contributed by atoms with Crippen LogP contribution in [-0.4, -0.2) is 34.6 Å². The molecule has 2 aromatic carbocycles. The Morgan fingerprint density at radius 3 is 2.31 bits per heavy atom. The second-order valence-electron chi connectivity index (χ2n) is 7.15. The van der Waals surface area contributed by atoms with E-state index >= 15 is 0 Å². The van der Waals surface area contributed by atoms with Crippen LogP contribution >= 0.6 is 11.8 Å². The van der Waals surface area contributed by atoms with Gasteiger partial charge in [-0.05, 0) is 50.1 Å². The summed E-state index contributed by atoms with van der Waals surface area (Å²) in [5.41, 5.74) is 0.797. The first-order chi connectivity index (χ1) is 13.9. The van der Waals surface area contributed by atoms with Gasteiger partial charge in [0, 0.05) is 29.7 Å².